The fourth-order valence-electron chi connectivity index (χ4n) is 3.86. The molecule has 39 heavy (non-hydrogen) atoms. The molecule has 0 aliphatic heterocycles. The molecule has 0 unspecified atom stereocenters. The van der Waals surface area contributed by atoms with Crippen molar-refractivity contribution in [3.8, 4) is 0 Å². The van der Waals surface area contributed by atoms with Gasteiger partial charge >= 0.3 is 0 Å². The summed E-state index contributed by atoms with van der Waals surface area (Å²) in [5.41, 5.74) is 3.21. The third-order valence-electron chi connectivity index (χ3n) is 5.66. The minimum Gasteiger partial charge on any atom is -0.425 e. The van der Waals surface area contributed by atoms with Gasteiger partial charge < -0.3 is 20.0 Å². The van der Waals surface area contributed by atoms with E-state index in [0.29, 0.717) is 23.6 Å². The molecule has 5 rings (SSSR count). The second kappa shape index (κ2) is 16.4. The van der Waals surface area contributed by atoms with E-state index in [0.717, 1.165) is 51.1 Å². The van der Waals surface area contributed by atoms with E-state index >= 15 is 0 Å². The van der Waals surface area contributed by atoms with Crippen LogP contribution in [-0.2, 0) is 0 Å². The van der Waals surface area contributed by atoms with Crippen LogP contribution in [0.2, 0.25) is 0 Å². The van der Waals surface area contributed by atoms with Crippen molar-refractivity contribution in [2.24, 2.45) is 0 Å². The van der Waals surface area contributed by atoms with Crippen molar-refractivity contribution in [3.63, 3.8) is 0 Å². The lowest BCUT2D eigenvalue weighted by molar-refractivity contribution is 0.361. The molecular weight excluding hydrogens is 508 g/mol. The molecule has 8 nitrogen and oxygen atoms in total. The van der Waals surface area contributed by atoms with Gasteiger partial charge in [0.2, 0.25) is 0 Å². The summed E-state index contributed by atoms with van der Waals surface area (Å²) < 4.78 is 7.28. The molecule has 5 aromatic rings. The zero-order valence-corrected chi connectivity index (χ0v) is 25.3. The Morgan fingerprint density at radius 3 is 2.33 bits per heavy atom. The van der Waals surface area contributed by atoms with Crippen LogP contribution in [0, 0.1) is 6.92 Å². The van der Waals surface area contributed by atoms with E-state index in [4.69, 9.17) is 4.42 Å². The van der Waals surface area contributed by atoms with Gasteiger partial charge in [-0.2, -0.15) is 4.98 Å². The second-order valence-electron chi connectivity index (χ2n) is 7.95. The van der Waals surface area contributed by atoms with Crippen molar-refractivity contribution >= 4 is 54.2 Å². The van der Waals surface area contributed by atoms with Gasteiger partial charge in [0, 0.05) is 46.7 Å². The Kier molecular flexibility index (Phi) is 13.3. The van der Waals surface area contributed by atoms with Crippen molar-refractivity contribution in [2.45, 2.75) is 48.5 Å². The number of rotatable bonds is 8. The third-order valence-corrected chi connectivity index (χ3v) is 6.96. The Labute approximate surface area is 235 Å². The van der Waals surface area contributed by atoms with Crippen LogP contribution in [0.1, 0.15) is 47.1 Å². The van der Waals surface area contributed by atoms with Gasteiger partial charge in [-0.3, -0.25) is 4.79 Å². The first-order chi connectivity index (χ1) is 19.1. The number of aromatic nitrogens is 3. The van der Waals surface area contributed by atoms with Gasteiger partial charge in [-0.25, -0.2) is 9.97 Å². The van der Waals surface area contributed by atoms with Crippen LogP contribution >= 0.6 is 11.3 Å². The Morgan fingerprint density at radius 2 is 1.59 bits per heavy atom. The van der Waals surface area contributed by atoms with E-state index in [1.165, 1.54) is 12.7 Å². The molecule has 2 aromatic carbocycles. The summed E-state index contributed by atoms with van der Waals surface area (Å²) in [6.45, 7) is 17.1. The number of nitrogens with zero attached hydrogens (tertiary/aromatic N) is 4. The highest BCUT2D eigenvalue weighted by molar-refractivity contribution is 7.24. The molecule has 0 saturated carbocycles. The van der Waals surface area contributed by atoms with Crippen LogP contribution in [0.25, 0.3) is 31.4 Å². The minimum absolute atomic E-state index is 0.0899. The quantitative estimate of drug-likeness (QED) is 0.196. The van der Waals surface area contributed by atoms with Crippen molar-refractivity contribution in [2.75, 3.05) is 43.9 Å². The lowest BCUT2D eigenvalue weighted by atomic mass is 10.1. The van der Waals surface area contributed by atoms with Crippen molar-refractivity contribution in [3.05, 3.63) is 64.9 Å². The van der Waals surface area contributed by atoms with E-state index < -0.39 is 0 Å². The maximum Gasteiger partial charge on any atom is 0.251 e. The van der Waals surface area contributed by atoms with Crippen LogP contribution in [0.4, 0.5) is 11.5 Å². The van der Waals surface area contributed by atoms with Gasteiger partial charge in [-0.1, -0.05) is 59.7 Å². The Hall–Kier alpha value is -3.56. The molecular formula is C30H42N6O2S. The first kappa shape index (κ1) is 31.7. The number of aryl methyl sites for hydroxylation is 1. The number of hydrogen-bond donors (Lipinski definition) is 2. The maximum absolute atomic E-state index is 13.2. The smallest absolute Gasteiger partial charge is 0.251 e. The fourth-order valence-corrected chi connectivity index (χ4v) is 5.03. The molecule has 9 heteroatoms. The van der Waals surface area contributed by atoms with Crippen molar-refractivity contribution in [1.82, 2.24) is 19.9 Å². The van der Waals surface area contributed by atoms with Crippen LogP contribution < -0.4 is 16.1 Å². The second-order valence-corrected chi connectivity index (χ2v) is 9.00. The monoisotopic (exact) mass is 550 g/mol. The first-order valence-electron chi connectivity index (χ1n) is 13.8. The summed E-state index contributed by atoms with van der Waals surface area (Å²) in [6.07, 6.45) is 2.83. The predicted molar refractivity (Wildman–Crippen MR) is 168 cm³/mol. The van der Waals surface area contributed by atoms with Crippen molar-refractivity contribution < 1.29 is 4.42 Å². The Bertz CT molecular complexity index is 1500. The van der Waals surface area contributed by atoms with Gasteiger partial charge in [0.15, 0.2) is 23.2 Å². The normalized spacial score (nSPS) is 10.3. The maximum atomic E-state index is 13.2. The number of fused-ring (bicyclic) bond motifs is 3. The molecule has 0 radical (unpaired) electrons. The summed E-state index contributed by atoms with van der Waals surface area (Å²) >= 11 is 1.68. The molecule has 0 aliphatic rings. The SMILES string of the molecule is CC.CC.CC.Cc1ccc(NCCN(C)CCNc2ncnc3ocnc23)c2c(=O)c3ccccc3sc12. The molecule has 3 aromatic heterocycles. The Balaban J connectivity index is 0.000000833. The lowest BCUT2D eigenvalue weighted by Gasteiger charge is -2.18. The Morgan fingerprint density at radius 1 is 0.897 bits per heavy atom. The van der Waals surface area contributed by atoms with Crippen LogP contribution in [0.5, 0.6) is 0 Å². The van der Waals surface area contributed by atoms with Gasteiger partial charge in [0.25, 0.3) is 5.71 Å². The highest BCUT2D eigenvalue weighted by Crippen LogP contribution is 2.31. The number of likely N-dealkylation sites (N-methyl/N-ethyl adjacent to an activating group) is 1. The minimum atomic E-state index is 0.0899. The number of anilines is 2. The molecule has 210 valence electrons. The van der Waals surface area contributed by atoms with E-state index in [1.807, 2.05) is 71.9 Å². The third kappa shape index (κ3) is 7.74. The number of nitrogens with one attached hydrogen (secondary N) is 2. The van der Waals surface area contributed by atoms with Crippen LogP contribution in [0.15, 0.2) is 58.3 Å². The predicted octanol–water partition coefficient (Wildman–Crippen LogP) is 7.19. The molecule has 0 aliphatic carbocycles. The van der Waals surface area contributed by atoms with E-state index in [9.17, 15) is 4.79 Å². The number of benzene rings is 2. The molecule has 0 bridgehead atoms. The molecule has 0 spiro atoms. The number of hydrogen-bond acceptors (Lipinski definition) is 9. The molecule has 0 amide bonds. The first-order valence-corrected chi connectivity index (χ1v) is 14.6. The zero-order chi connectivity index (χ0) is 28.8. The van der Waals surface area contributed by atoms with Crippen LogP contribution in [0.3, 0.4) is 0 Å². The summed E-state index contributed by atoms with van der Waals surface area (Å²) in [5.74, 6) is 0.669. The van der Waals surface area contributed by atoms with Gasteiger partial charge in [0.05, 0.1) is 5.39 Å². The summed E-state index contributed by atoms with van der Waals surface area (Å²) in [7, 11) is 2.07. The van der Waals surface area contributed by atoms with E-state index in [1.54, 1.807) is 11.3 Å². The molecule has 3 heterocycles. The average Bonchev–Trinajstić information content (AvgIpc) is 3.48. The number of oxazole rings is 1. The van der Waals surface area contributed by atoms with Crippen LogP contribution in [-0.4, -0.2) is 53.1 Å². The summed E-state index contributed by atoms with van der Waals surface area (Å²) in [6, 6.07) is 11.9. The average molecular weight is 551 g/mol. The molecule has 2 N–H and O–H groups in total. The highest BCUT2D eigenvalue weighted by Gasteiger charge is 2.12. The molecule has 0 fully saturated rings. The topological polar surface area (TPSA) is 96.2 Å². The van der Waals surface area contributed by atoms with Gasteiger partial charge in [-0.15, -0.1) is 11.3 Å². The van der Waals surface area contributed by atoms with E-state index in [-0.39, 0.29) is 5.43 Å². The van der Waals surface area contributed by atoms with Gasteiger partial charge in [0.1, 0.15) is 6.33 Å². The van der Waals surface area contributed by atoms with Gasteiger partial charge in [-0.05, 0) is 37.7 Å². The zero-order valence-electron chi connectivity index (χ0n) is 24.5. The summed E-state index contributed by atoms with van der Waals surface area (Å²) in [5, 5.41) is 8.33. The highest BCUT2D eigenvalue weighted by atomic mass is 32.1. The summed E-state index contributed by atoms with van der Waals surface area (Å²) in [4.78, 5) is 27.9. The molecule has 0 saturated heterocycles. The largest absolute Gasteiger partial charge is 0.425 e. The molecule has 0 atom stereocenters. The van der Waals surface area contributed by atoms with E-state index in [2.05, 4.69) is 50.5 Å². The lowest BCUT2D eigenvalue weighted by Crippen LogP contribution is -2.30. The van der Waals surface area contributed by atoms with Crippen molar-refractivity contribution in [1.29, 1.82) is 0 Å². The standard InChI is InChI=1S/C24H24N6O2S.3C2H6/c1-15-7-8-17(19-21(31)16-5-3-4-6-18(16)33-22(15)19)25-9-11-30(2)12-10-26-23-20-24(28-13-27-23)32-14-29-20;3*1-2/h3-8,13-14,25H,9-12H2,1-2H3,(H,26,27,28);3*1-2H3. The fraction of sp³-hybridized carbons (Fsp3) is 0.400.